The number of rotatable bonds is 16. The topological polar surface area (TPSA) is 77.1 Å². The van der Waals surface area contributed by atoms with Gasteiger partial charge in [-0.25, -0.2) is 0 Å². The van der Waals surface area contributed by atoms with E-state index >= 15 is 0 Å². The SMILES string of the molecule is O=C(NSc1ccc(NC(CCN2CCOCC2)CSc2ccccc2)c(SC(F)(F)F)c1)c1ccc(N2CCC(C(O)c3ccccc3-c3ccc(Cl)cc3)CC2)cc1. The van der Waals surface area contributed by atoms with Gasteiger partial charge in [0.25, 0.3) is 5.91 Å². The van der Waals surface area contributed by atoms with Crippen LogP contribution in [-0.4, -0.2) is 79.2 Å². The number of carbonyl (C=O) groups is 1. The molecule has 7 rings (SSSR count). The predicted octanol–water partition coefficient (Wildman–Crippen LogP) is 11.3. The van der Waals surface area contributed by atoms with Crippen LogP contribution < -0.4 is 14.9 Å². The first kappa shape index (κ1) is 44.2. The van der Waals surface area contributed by atoms with Crippen LogP contribution in [0.3, 0.4) is 0 Å². The molecule has 0 bridgehead atoms. The Kier molecular flexibility index (Phi) is 15.7. The monoisotopic (exact) mass is 892 g/mol. The Morgan fingerprint density at radius 1 is 0.850 bits per heavy atom. The minimum Gasteiger partial charge on any atom is -0.388 e. The Hall–Kier alpha value is -3.82. The number of carbonyl (C=O) groups excluding carboxylic acids is 1. The summed E-state index contributed by atoms with van der Waals surface area (Å²) in [5.74, 6) is 0.427. The maximum Gasteiger partial charge on any atom is 0.446 e. The summed E-state index contributed by atoms with van der Waals surface area (Å²) in [6.07, 6.45) is 1.76. The van der Waals surface area contributed by atoms with Crippen LogP contribution in [0.5, 0.6) is 0 Å². The number of aliphatic hydroxyl groups is 1. The van der Waals surface area contributed by atoms with Crippen molar-refractivity contribution in [2.45, 2.75) is 51.6 Å². The van der Waals surface area contributed by atoms with Gasteiger partial charge in [0.05, 0.1) is 19.3 Å². The molecule has 0 saturated carbocycles. The molecular weight excluding hydrogens is 845 g/mol. The number of thioether (sulfide) groups is 2. The van der Waals surface area contributed by atoms with Crippen LogP contribution in [0.4, 0.5) is 24.5 Å². The summed E-state index contributed by atoms with van der Waals surface area (Å²) >= 11 is 8.63. The summed E-state index contributed by atoms with van der Waals surface area (Å²) in [6, 6.07) is 37.7. The van der Waals surface area contributed by atoms with Crippen LogP contribution in [0.25, 0.3) is 11.1 Å². The molecule has 60 heavy (non-hydrogen) atoms. The van der Waals surface area contributed by atoms with Crippen molar-refractivity contribution < 1.29 is 27.8 Å². The van der Waals surface area contributed by atoms with E-state index in [-0.39, 0.29) is 34.5 Å². The number of hydrogen-bond acceptors (Lipinski definition) is 9. The van der Waals surface area contributed by atoms with Crippen LogP contribution >= 0.6 is 47.1 Å². The number of piperidine rings is 1. The largest absolute Gasteiger partial charge is 0.446 e. The van der Waals surface area contributed by atoms with Crippen molar-refractivity contribution in [3.05, 3.63) is 137 Å². The van der Waals surface area contributed by atoms with E-state index in [2.05, 4.69) is 19.8 Å². The van der Waals surface area contributed by atoms with Crippen LogP contribution in [0.2, 0.25) is 5.02 Å². The van der Waals surface area contributed by atoms with E-state index in [0.717, 1.165) is 91.2 Å². The predicted molar refractivity (Wildman–Crippen MR) is 241 cm³/mol. The summed E-state index contributed by atoms with van der Waals surface area (Å²) in [5, 5.41) is 15.6. The molecule has 0 aromatic heterocycles. The highest BCUT2D eigenvalue weighted by atomic mass is 35.5. The molecule has 3 N–H and O–H groups in total. The molecule has 2 aliphatic heterocycles. The van der Waals surface area contributed by atoms with E-state index in [4.69, 9.17) is 16.3 Å². The highest BCUT2D eigenvalue weighted by Gasteiger charge is 2.32. The molecule has 2 fully saturated rings. The number of nitrogens with one attached hydrogen (secondary N) is 2. The number of ether oxygens (including phenoxy) is 1. The third kappa shape index (κ3) is 12.6. The molecule has 5 aromatic carbocycles. The normalized spacial score (nSPS) is 16.3. The lowest BCUT2D eigenvalue weighted by Crippen LogP contribution is -2.39. The second-order valence-corrected chi connectivity index (χ2v) is 18.4. The molecule has 2 atom stereocenters. The maximum absolute atomic E-state index is 13.9. The van der Waals surface area contributed by atoms with Crippen molar-refractivity contribution in [2.24, 2.45) is 5.92 Å². The zero-order chi connectivity index (χ0) is 41.9. The van der Waals surface area contributed by atoms with Crippen molar-refractivity contribution in [3.8, 4) is 11.1 Å². The molecule has 1 amide bonds. The van der Waals surface area contributed by atoms with Crippen molar-refractivity contribution in [3.63, 3.8) is 0 Å². The Morgan fingerprint density at radius 2 is 1.55 bits per heavy atom. The van der Waals surface area contributed by atoms with Crippen molar-refractivity contribution in [2.75, 3.05) is 61.9 Å². The summed E-state index contributed by atoms with van der Waals surface area (Å²) in [5.41, 5.74) is 0.258. The Balaban J connectivity index is 0.945. The minimum atomic E-state index is -4.49. The first-order valence-corrected chi connectivity index (χ1v) is 23.1. The fraction of sp³-hybridized carbons (Fsp3) is 0.326. The summed E-state index contributed by atoms with van der Waals surface area (Å²) in [4.78, 5) is 19.5. The number of halogens is 4. The molecule has 2 saturated heterocycles. The second kappa shape index (κ2) is 21.3. The smallest absolute Gasteiger partial charge is 0.388 e. The van der Waals surface area contributed by atoms with Gasteiger partial charge in [0, 0.05) is 81.2 Å². The van der Waals surface area contributed by atoms with Gasteiger partial charge in [-0.15, -0.1) is 11.8 Å². The molecule has 2 aliphatic rings. The zero-order valence-electron chi connectivity index (χ0n) is 33.0. The third-order valence-corrected chi connectivity index (χ3v) is 13.8. The van der Waals surface area contributed by atoms with Crippen molar-refractivity contribution >= 4 is 64.4 Å². The lowest BCUT2D eigenvalue weighted by Gasteiger charge is -2.36. The van der Waals surface area contributed by atoms with Gasteiger partial charge >= 0.3 is 5.51 Å². The van der Waals surface area contributed by atoms with Gasteiger partial charge in [0.1, 0.15) is 0 Å². The highest BCUT2D eigenvalue weighted by molar-refractivity contribution is 8.00. The van der Waals surface area contributed by atoms with E-state index in [1.54, 1.807) is 36.0 Å². The number of aliphatic hydroxyl groups excluding tert-OH is 1. The van der Waals surface area contributed by atoms with Crippen LogP contribution in [0, 0.1) is 5.92 Å². The van der Waals surface area contributed by atoms with Gasteiger partial charge < -0.3 is 20.1 Å². The summed E-state index contributed by atoms with van der Waals surface area (Å²) in [7, 11) is 0. The molecule has 7 nitrogen and oxygen atoms in total. The van der Waals surface area contributed by atoms with E-state index in [0.29, 0.717) is 40.1 Å². The molecule has 14 heteroatoms. The van der Waals surface area contributed by atoms with E-state index < -0.39 is 11.6 Å². The molecule has 0 spiro atoms. The van der Waals surface area contributed by atoms with Crippen molar-refractivity contribution in [1.29, 1.82) is 0 Å². The Bertz CT molecular complexity index is 2140. The Labute approximate surface area is 367 Å². The van der Waals surface area contributed by atoms with Crippen LogP contribution in [0.1, 0.15) is 41.3 Å². The first-order valence-electron chi connectivity index (χ1n) is 20.1. The van der Waals surface area contributed by atoms with Gasteiger partial charge in [0.2, 0.25) is 0 Å². The van der Waals surface area contributed by atoms with Crippen LogP contribution in [-0.2, 0) is 4.74 Å². The number of hydrogen-bond donors (Lipinski definition) is 3. The zero-order valence-corrected chi connectivity index (χ0v) is 36.2. The van der Waals surface area contributed by atoms with E-state index in [1.807, 2.05) is 91.0 Å². The maximum atomic E-state index is 13.9. The number of nitrogens with zero attached hydrogens (tertiary/aromatic N) is 2. The van der Waals surface area contributed by atoms with Gasteiger partial charge in [0.15, 0.2) is 0 Å². The lowest BCUT2D eigenvalue weighted by atomic mass is 9.84. The average molecular weight is 894 g/mol. The lowest BCUT2D eigenvalue weighted by molar-refractivity contribution is -0.0328. The van der Waals surface area contributed by atoms with Gasteiger partial charge in [-0.1, -0.05) is 66.2 Å². The average Bonchev–Trinajstić information content (AvgIpc) is 3.27. The third-order valence-electron chi connectivity index (χ3n) is 10.8. The second-order valence-electron chi connectivity index (χ2n) is 14.9. The molecule has 0 aliphatic carbocycles. The number of benzene rings is 5. The fourth-order valence-electron chi connectivity index (χ4n) is 7.55. The molecule has 2 heterocycles. The first-order chi connectivity index (χ1) is 29.1. The number of amides is 1. The highest BCUT2D eigenvalue weighted by Crippen LogP contribution is 2.43. The van der Waals surface area contributed by atoms with Gasteiger partial charge in [-0.05, 0) is 132 Å². The fourth-order valence-corrected chi connectivity index (χ4v) is 10.1. The molecule has 0 radical (unpaired) electrons. The van der Waals surface area contributed by atoms with Crippen LogP contribution in [0.15, 0.2) is 136 Å². The number of anilines is 2. The van der Waals surface area contributed by atoms with Gasteiger partial charge in [-0.3, -0.25) is 14.4 Å². The quantitative estimate of drug-likeness (QED) is 0.0663. The molecular formula is C46H48ClF3N4O3S3. The summed E-state index contributed by atoms with van der Waals surface area (Å²) in [6.45, 7) is 5.36. The number of alkyl halides is 3. The van der Waals surface area contributed by atoms with Crippen molar-refractivity contribution in [1.82, 2.24) is 9.62 Å². The molecule has 316 valence electrons. The Morgan fingerprint density at radius 3 is 2.27 bits per heavy atom. The van der Waals surface area contributed by atoms with E-state index in [9.17, 15) is 23.1 Å². The minimum absolute atomic E-state index is 0.0502. The molecule has 2 unspecified atom stereocenters. The summed E-state index contributed by atoms with van der Waals surface area (Å²) < 4.78 is 49.9. The van der Waals surface area contributed by atoms with Gasteiger partial charge in [-0.2, -0.15) is 13.2 Å². The van der Waals surface area contributed by atoms with E-state index in [1.165, 1.54) is 6.07 Å². The number of morpholine rings is 1. The standard InChI is InChI=1S/C46H48ClF3N4O3S3/c47-35-14-10-32(11-15-35)40-8-4-5-9-41(40)44(55)33-20-24-54(25-21-33)37-16-12-34(13-17-37)45(56)52-60-39-18-19-42(43(30-39)59-46(48,49)50)51-36(22-23-53-26-28-57-29-27-53)31-58-38-6-2-1-3-7-38/h1-19,30,33,36,44,51,55H,20-29,31H2,(H,52,56). The molecule has 5 aromatic rings.